The van der Waals surface area contributed by atoms with Crippen molar-refractivity contribution in [2.75, 3.05) is 18.2 Å². The van der Waals surface area contributed by atoms with Gasteiger partial charge in [-0.15, -0.1) is 0 Å². The fourth-order valence-electron chi connectivity index (χ4n) is 5.01. The highest BCUT2D eigenvalue weighted by Crippen LogP contribution is 2.39. The number of anilines is 1. The molecule has 2 amide bonds. The molecule has 1 saturated carbocycles. The van der Waals surface area contributed by atoms with Crippen molar-refractivity contribution < 1.29 is 18.7 Å². The lowest BCUT2D eigenvalue weighted by Gasteiger charge is -2.50. The van der Waals surface area contributed by atoms with Crippen LogP contribution in [0.1, 0.15) is 31.2 Å². The van der Waals surface area contributed by atoms with E-state index in [2.05, 4.69) is 20.7 Å². The number of methoxy groups -OCH3 is 1. The zero-order chi connectivity index (χ0) is 24.4. The van der Waals surface area contributed by atoms with Gasteiger partial charge in [0.2, 0.25) is 11.8 Å². The fourth-order valence-corrected chi connectivity index (χ4v) is 5.84. The van der Waals surface area contributed by atoms with Crippen LogP contribution >= 0.6 is 11.8 Å². The number of carbonyl (C=O) groups is 2. The Morgan fingerprint density at radius 1 is 1.17 bits per heavy atom. The van der Waals surface area contributed by atoms with Crippen LogP contribution in [0.2, 0.25) is 0 Å². The van der Waals surface area contributed by atoms with Crippen LogP contribution in [0.3, 0.4) is 0 Å². The second-order valence-electron chi connectivity index (χ2n) is 8.92. The van der Waals surface area contributed by atoms with Crippen molar-refractivity contribution in [2.24, 2.45) is 11.0 Å². The molecule has 2 aliphatic heterocycles. The molecule has 2 heterocycles. The van der Waals surface area contributed by atoms with E-state index in [4.69, 9.17) is 4.74 Å². The monoisotopic (exact) mass is 497 g/mol. The number of carbonyl (C=O) groups excluding carboxylic acids is 2. The van der Waals surface area contributed by atoms with E-state index in [1.165, 1.54) is 23.9 Å². The van der Waals surface area contributed by atoms with Crippen molar-refractivity contribution in [2.45, 2.75) is 44.6 Å². The third-order valence-electron chi connectivity index (χ3n) is 6.71. The number of thioether (sulfide) groups is 1. The number of nitrogens with one attached hydrogen (secondary N) is 2. The lowest BCUT2D eigenvalue weighted by molar-refractivity contribution is -0.156. The Kier molecular flexibility index (Phi) is 6.81. The van der Waals surface area contributed by atoms with Gasteiger partial charge in [-0.25, -0.2) is 4.39 Å². The predicted molar refractivity (Wildman–Crippen MR) is 133 cm³/mol. The molecule has 5 rings (SSSR count). The Labute approximate surface area is 207 Å². The van der Waals surface area contributed by atoms with Crippen LogP contribution < -0.4 is 15.5 Å². The van der Waals surface area contributed by atoms with Gasteiger partial charge in [0.15, 0.2) is 11.5 Å². The van der Waals surface area contributed by atoms with Crippen molar-refractivity contribution in [3.63, 3.8) is 0 Å². The van der Waals surface area contributed by atoms with Gasteiger partial charge in [-0.1, -0.05) is 36.7 Å². The number of nitrogens with zero attached hydrogens (tertiary/aromatic N) is 3. The topological polar surface area (TPSA) is 86.3 Å². The second-order valence-corrected chi connectivity index (χ2v) is 9.86. The fraction of sp³-hybridized carbons (Fsp3) is 0.400. The molecule has 1 saturated heterocycles. The van der Waals surface area contributed by atoms with E-state index >= 15 is 0 Å². The largest absolute Gasteiger partial charge is 0.497 e. The van der Waals surface area contributed by atoms with E-state index in [9.17, 15) is 14.0 Å². The molecule has 0 radical (unpaired) electrons. The van der Waals surface area contributed by atoms with E-state index in [0.717, 1.165) is 37.0 Å². The lowest BCUT2D eigenvalue weighted by atomic mass is 9.81. The van der Waals surface area contributed by atoms with Gasteiger partial charge in [0.25, 0.3) is 0 Å². The average Bonchev–Trinajstić information content (AvgIpc) is 3.31. The minimum Gasteiger partial charge on any atom is -0.497 e. The number of hydrazone groups is 1. The number of hydrogen-bond donors (Lipinski definition) is 2. The van der Waals surface area contributed by atoms with Gasteiger partial charge in [-0.3, -0.25) is 19.9 Å². The maximum atomic E-state index is 13.4. The zero-order valence-electron chi connectivity index (χ0n) is 19.4. The van der Waals surface area contributed by atoms with E-state index in [1.54, 1.807) is 48.4 Å². The van der Waals surface area contributed by atoms with Crippen LogP contribution in [0.4, 0.5) is 10.1 Å². The molecule has 3 atom stereocenters. The molecule has 2 aromatic rings. The molecular formula is C25H28FN5O3S. The van der Waals surface area contributed by atoms with E-state index in [-0.39, 0.29) is 35.3 Å². The Balaban J connectivity index is 1.28. The number of fused-ring (bicyclic) bond motifs is 3. The molecule has 0 bridgehead atoms. The van der Waals surface area contributed by atoms with Crippen molar-refractivity contribution in [3.05, 3.63) is 59.9 Å². The van der Waals surface area contributed by atoms with Crippen LogP contribution in [0.15, 0.2) is 53.6 Å². The summed E-state index contributed by atoms with van der Waals surface area (Å²) in [6.45, 7) is 0.363. The highest BCUT2D eigenvalue weighted by Gasteiger charge is 2.51. The number of rotatable bonds is 6. The molecule has 0 spiro atoms. The highest BCUT2D eigenvalue weighted by atomic mass is 32.2. The first kappa shape index (κ1) is 23.5. The zero-order valence-corrected chi connectivity index (χ0v) is 20.3. The van der Waals surface area contributed by atoms with Gasteiger partial charge in [0, 0.05) is 18.3 Å². The summed E-state index contributed by atoms with van der Waals surface area (Å²) in [7, 11) is 1.60. The number of benzene rings is 2. The average molecular weight is 498 g/mol. The summed E-state index contributed by atoms with van der Waals surface area (Å²) in [5.41, 5.74) is 4.67. The molecule has 1 aliphatic carbocycles. The number of amides is 2. The van der Waals surface area contributed by atoms with Crippen LogP contribution in [-0.4, -0.2) is 52.0 Å². The molecule has 10 heteroatoms. The van der Waals surface area contributed by atoms with Gasteiger partial charge < -0.3 is 15.0 Å². The van der Waals surface area contributed by atoms with Gasteiger partial charge in [-0.05, 0) is 54.8 Å². The Morgan fingerprint density at radius 3 is 2.66 bits per heavy atom. The SMILES string of the molecule is COc1ccc(NC(=O)CSC2=NNC3N(Cc4ccc(F)cc4)C(=O)C4CCCCC4N23)cc1. The molecule has 2 aromatic carbocycles. The molecule has 184 valence electrons. The third-order valence-corrected chi connectivity index (χ3v) is 7.68. The van der Waals surface area contributed by atoms with Gasteiger partial charge in [0.05, 0.1) is 18.8 Å². The van der Waals surface area contributed by atoms with Gasteiger partial charge in [-0.2, -0.15) is 5.10 Å². The standard InChI is InChI=1S/C25H28FN5O3S/c1-34-19-12-10-18(11-13-19)27-22(32)15-35-25-29-28-24-30(14-16-6-8-17(26)9-7-16)23(33)20-4-2-3-5-21(20)31(24)25/h6-13,20-21,24,28H,2-5,14-15H2,1H3,(H,27,32). The molecule has 0 aromatic heterocycles. The Morgan fingerprint density at radius 2 is 1.91 bits per heavy atom. The number of amidine groups is 1. The van der Waals surface area contributed by atoms with Gasteiger partial charge >= 0.3 is 0 Å². The minimum absolute atomic E-state index is 0.0524. The summed E-state index contributed by atoms with van der Waals surface area (Å²) in [6, 6.07) is 13.5. The smallest absolute Gasteiger partial charge is 0.234 e. The normalized spacial score (nSPS) is 23.2. The van der Waals surface area contributed by atoms with Crippen molar-refractivity contribution in [1.82, 2.24) is 15.2 Å². The molecule has 3 unspecified atom stereocenters. The summed E-state index contributed by atoms with van der Waals surface area (Å²) in [5.74, 6) is 0.468. The first-order chi connectivity index (χ1) is 17.0. The third kappa shape index (κ3) is 4.93. The maximum absolute atomic E-state index is 13.4. The molecular weight excluding hydrogens is 469 g/mol. The van der Waals surface area contributed by atoms with Crippen molar-refractivity contribution in [1.29, 1.82) is 0 Å². The number of ether oxygens (including phenoxy) is 1. The Hall–Kier alpha value is -3.27. The van der Waals surface area contributed by atoms with Crippen LogP contribution in [0, 0.1) is 11.7 Å². The predicted octanol–water partition coefficient (Wildman–Crippen LogP) is 3.57. The van der Waals surface area contributed by atoms with E-state index < -0.39 is 6.29 Å². The minimum atomic E-state index is -0.418. The van der Waals surface area contributed by atoms with E-state index in [0.29, 0.717) is 17.4 Å². The molecule has 2 N–H and O–H groups in total. The summed E-state index contributed by atoms with van der Waals surface area (Å²) >= 11 is 1.36. The Bertz CT molecular complexity index is 1110. The first-order valence-electron chi connectivity index (χ1n) is 11.8. The quantitative estimate of drug-likeness (QED) is 0.635. The van der Waals surface area contributed by atoms with Crippen LogP contribution in [-0.2, 0) is 16.1 Å². The maximum Gasteiger partial charge on any atom is 0.234 e. The summed E-state index contributed by atoms with van der Waals surface area (Å²) in [4.78, 5) is 30.0. The van der Waals surface area contributed by atoms with Crippen molar-refractivity contribution >= 4 is 34.4 Å². The first-order valence-corrected chi connectivity index (χ1v) is 12.8. The van der Waals surface area contributed by atoms with Crippen LogP contribution in [0.25, 0.3) is 0 Å². The molecule has 3 aliphatic rings. The second kappa shape index (κ2) is 10.2. The summed E-state index contributed by atoms with van der Waals surface area (Å²) in [5, 5.41) is 8.13. The lowest BCUT2D eigenvalue weighted by Crippen LogP contribution is -2.66. The highest BCUT2D eigenvalue weighted by molar-refractivity contribution is 8.14. The summed E-state index contributed by atoms with van der Waals surface area (Å²) in [6.07, 6.45) is 3.41. The van der Waals surface area contributed by atoms with Gasteiger partial charge in [0.1, 0.15) is 11.6 Å². The van der Waals surface area contributed by atoms with Crippen LogP contribution in [0.5, 0.6) is 5.75 Å². The number of halogens is 1. The molecule has 8 nitrogen and oxygen atoms in total. The van der Waals surface area contributed by atoms with Crippen molar-refractivity contribution in [3.8, 4) is 5.75 Å². The number of hydrogen-bond acceptors (Lipinski definition) is 7. The summed E-state index contributed by atoms with van der Waals surface area (Å²) < 4.78 is 18.5. The van der Waals surface area contributed by atoms with E-state index in [1.807, 2.05) is 0 Å². The molecule has 35 heavy (non-hydrogen) atoms. The molecule has 2 fully saturated rings.